The fourth-order valence-electron chi connectivity index (χ4n) is 13.3. The first-order chi connectivity index (χ1) is 59.7. The summed E-state index contributed by atoms with van der Waals surface area (Å²) in [7, 11) is 1.55. The molecule has 0 aromatic heterocycles. The molecule has 0 heterocycles. The summed E-state index contributed by atoms with van der Waals surface area (Å²) in [5.74, 6) is -1.63. The van der Waals surface area contributed by atoms with Gasteiger partial charge in [-0.25, -0.2) is 41.4 Å². The number of aliphatic hydroxyl groups is 3. The minimum Gasteiger partial charge on any atom is -0.390 e. The minimum atomic E-state index is -1.26. The van der Waals surface area contributed by atoms with E-state index in [1.165, 1.54) is 46.4 Å². The number of nitrogens with one attached hydrogen (secondary N) is 6. The van der Waals surface area contributed by atoms with E-state index >= 15 is 0 Å². The van der Waals surface area contributed by atoms with Gasteiger partial charge < -0.3 is 46.0 Å². The normalized spacial score (nSPS) is 12.5. The fourth-order valence-corrected chi connectivity index (χ4v) is 13.3. The van der Waals surface area contributed by atoms with Crippen molar-refractivity contribution in [2.75, 3.05) is 79.0 Å². The molecule has 24 nitrogen and oxygen atoms in total. The smallest absolute Gasteiger partial charge is 0.253 e. The number of carbonyl (C=O) groups excluding carboxylic acids is 9. The van der Waals surface area contributed by atoms with E-state index in [2.05, 4.69) is 50.0 Å². The molecule has 126 heavy (non-hydrogen) atoms. The van der Waals surface area contributed by atoms with Crippen molar-refractivity contribution in [3.8, 4) is 37.0 Å². The molecule has 9 amide bonds. The maximum atomic E-state index is 14.0. The van der Waals surface area contributed by atoms with Gasteiger partial charge in [0.2, 0.25) is 17.7 Å². The summed E-state index contributed by atoms with van der Waals surface area (Å²) in [5.41, 5.74) is 10.9. The Morgan fingerprint density at radius 2 is 0.571 bits per heavy atom. The second kappa shape index (κ2) is 54.5. The van der Waals surface area contributed by atoms with Gasteiger partial charge in [0.1, 0.15) is 34.9 Å². The number of hydrogen-bond acceptors (Lipinski definition) is 15. The Hall–Kier alpha value is -11.4. The monoisotopic (exact) mass is 1750 g/mol. The molecule has 684 valence electrons. The van der Waals surface area contributed by atoms with E-state index in [0.29, 0.717) is 75.5 Å². The zero-order chi connectivity index (χ0) is 94.2. The standard InChI is InChI=1S/C33H44F2N4O4.C32H42F2N4O4.C31H40F2N4O4/c1-7-11-38(12-8-2)33(43)26-15-23(10-4)14-25(19-26)32(42)36-29(18-24-16-27(34)20-28(35)17-24)30(40)21-39(13-9-3)37-31(41)22(5)6;1-7-11-37(12-8-2)32(42)25-14-22(9-3)13-24(18-25)31(41)35-28(17-23-15-26(33)19-27(34)16-23)29(39)20-38(10-4)36-30(40)21(5)6;1-7-10-37(11-8-2)31(41)24-13-21(9-3)12-23(17-24)30(40)34-27(16-22-14-25(32)18-26(33)15-22)28(38)19-36(6)35-29(39)20(4)5/h4,14-17,19-20,22,29-30,40H,7-9,11-13,18,21H2,1-3,5-6H3,(H,36,42)(H,37,41);3,13-16,18-19,21,28-29,39H,7-8,10-12,17,20H2,1-2,4-6H3,(H,35,41)(H,36,40);3,12-15,17-18,20,27-28,38H,7-8,10-11,16,19H2,1-2,4-6H3,(H,34,40)(H,35,39). The molecule has 0 bridgehead atoms. The number of benzene rings is 6. The summed E-state index contributed by atoms with van der Waals surface area (Å²) in [6, 6.07) is 19.3. The van der Waals surface area contributed by atoms with Gasteiger partial charge in [0.05, 0.1) is 36.4 Å². The average Bonchev–Trinajstić information content (AvgIpc) is 0.825. The van der Waals surface area contributed by atoms with E-state index < -0.39 is 89.1 Å². The number of amides is 9. The van der Waals surface area contributed by atoms with Crippen LogP contribution in [0.3, 0.4) is 0 Å². The lowest BCUT2D eigenvalue weighted by Gasteiger charge is -2.31. The van der Waals surface area contributed by atoms with Gasteiger partial charge in [0.15, 0.2) is 0 Å². The number of hydrazine groups is 3. The third kappa shape index (κ3) is 35.9. The molecular weight excluding hydrogens is 1630 g/mol. The number of rotatable bonds is 45. The maximum absolute atomic E-state index is 14.0. The van der Waals surface area contributed by atoms with E-state index in [9.17, 15) is 84.8 Å². The number of likely N-dealkylation sites (N-methyl/N-ethyl adjacent to an activating group) is 2. The molecule has 6 aromatic carbocycles. The molecule has 6 rings (SSSR count). The summed E-state index contributed by atoms with van der Waals surface area (Å²) in [4.78, 5) is 122. The Kier molecular flexibility index (Phi) is 46.2. The van der Waals surface area contributed by atoms with Crippen LogP contribution in [-0.4, -0.2) is 214 Å². The topological polar surface area (TPSA) is 306 Å². The van der Waals surface area contributed by atoms with Crippen LogP contribution in [0, 0.1) is 89.7 Å². The van der Waals surface area contributed by atoms with Crippen LogP contribution in [0.5, 0.6) is 0 Å². The number of hydrogen-bond donors (Lipinski definition) is 9. The fraction of sp³-hybridized carbons (Fsp3) is 0.469. The van der Waals surface area contributed by atoms with Crippen LogP contribution in [-0.2, 0) is 33.6 Å². The molecule has 0 aliphatic heterocycles. The Bertz CT molecular complexity index is 4680. The molecule has 0 saturated heterocycles. The highest BCUT2D eigenvalue weighted by Gasteiger charge is 2.32. The molecular formula is C96H126F6N12O12. The van der Waals surface area contributed by atoms with Crippen molar-refractivity contribution in [1.82, 2.24) is 62.0 Å². The molecule has 0 saturated carbocycles. The van der Waals surface area contributed by atoms with Crippen molar-refractivity contribution in [2.45, 2.75) is 198 Å². The molecule has 0 fully saturated rings. The number of carbonyl (C=O) groups is 9. The molecule has 6 aromatic rings. The van der Waals surface area contributed by atoms with Crippen molar-refractivity contribution in [2.24, 2.45) is 17.8 Å². The summed E-state index contributed by atoms with van der Waals surface area (Å²) in [6.07, 6.45) is 18.0. The van der Waals surface area contributed by atoms with Crippen LogP contribution >= 0.6 is 0 Å². The third-order valence-electron chi connectivity index (χ3n) is 19.7. The number of terminal acetylenes is 3. The number of aliphatic hydroxyl groups excluding tert-OH is 3. The van der Waals surface area contributed by atoms with E-state index in [1.807, 2.05) is 48.5 Å². The predicted octanol–water partition coefficient (Wildman–Crippen LogP) is 11.8. The van der Waals surface area contributed by atoms with Crippen LogP contribution in [0.1, 0.15) is 237 Å². The van der Waals surface area contributed by atoms with Crippen LogP contribution < -0.4 is 32.2 Å². The van der Waals surface area contributed by atoms with Gasteiger partial charge in [0, 0.05) is 165 Å². The van der Waals surface area contributed by atoms with Crippen molar-refractivity contribution in [3.05, 3.63) is 211 Å². The molecule has 9 N–H and O–H groups in total. The highest BCUT2D eigenvalue weighted by molar-refractivity contribution is 6.02. The summed E-state index contributed by atoms with van der Waals surface area (Å²) >= 11 is 0. The minimum absolute atomic E-state index is 0.0633. The lowest BCUT2D eigenvalue weighted by Crippen LogP contribution is -2.54. The Labute approximate surface area is 738 Å². The molecule has 0 spiro atoms. The van der Waals surface area contributed by atoms with Crippen molar-refractivity contribution in [1.29, 1.82) is 0 Å². The summed E-state index contributed by atoms with van der Waals surface area (Å²) in [6.45, 7) is 29.7. The maximum Gasteiger partial charge on any atom is 0.253 e. The largest absolute Gasteiger partial charge is 0.390 e. The summed E-state index contributed by atoms with van der Waals surface area (Å²) in [5, 5.41) is 46.3. The van der Waals surface area contributed by atoms with Crippen molar-refractivity contribution in [3.63, 3.8) is 0 Å². The zero-order valence-corrected chi connectivity index (χ0v) is 75.1. The van der Waals surface area contributed by atoms with Crippen molar-refractivity contribution < 1.29 is 84.8 Å². The second-order valence-corrected chi connectivity index (χ2v) is 31.9. The highest BCUT2D eigenvalue weighted by atomic mass is 19.2. The first kappa shape index (κ1) is 107. The van der Waals surface area contributed by atoms with Crippen LogP contribution in [0.25, 0.3) is 0 Å². The average molecular weight is 1750 g/mol. The van der Waals surface area contributed by atoms with E-state index in [-0.39, 0.29) is 142 Å². The summed E-state index contributed by atoms with van der Waals surface area (Å²) < 4.78 is 83.8. The molecule has 6 unspecified atom stereocenters. The van der Waals surface area contributed by atoms with Crippen LogP contribution in [0.15, 0.2) is 109 Å². The molecule has 0 aliphatic rings. The molecule has 0 aliphatic carbocycles. The van der Waals surface area contributed by atoms with Crippen molar-refractivity contribution >= 4 is 53.2 Å². The lowest BCUT2D eigenvalue weighted by atomic mass is 9.99. The SMILES string of the molecule is C#Cc1cc(C(=O)NC(Cc2cc(F)cc(F)c2)C(O)CN(C)NC(=O)C(C)C)cc(C(=O)N(CCC)CCC)c1.C#Cc1cc(C(=O)NC(Cc2cc(F)cc(F)c2)C(O)CN(CC)NC(=O)C(C)C)cc(C(=O)N(CCC)CCC)c1.C#Cc1cc(C(=O)NC(Cc2cc(F)cc(F)c2)C(O)CN(CCC)NC(=O)C(C)C)cc(C(=O)N(CCC)CCC)c1. The first-order valence-corrected chi connectivity index (χ1v) is 42.9. The van der Waals surface area contributed by atoms with E-state index in [4.69, 9.17) is 19.3 Å². The third-order valence-corrected chi connectivity index (χ3v) is 19.7. The van der Waals surface area contributed by atoms with Gasteiger partial charge in [-0.05, 0) is 172 Å². The van der Waals surface area contributed by atoms with Crippen LogP contribution in [0.2, 0.25) is 0 Å². The van der Waals surface area contributed by atoms with Crippen LogP contribution in [0.4, 0.5) is 26.3 Å². The van der Waals surface area contributed by atoms with Gasteiger partial charge in [0.25, 0.3) is 35.4 Å². The lowest BCUT2D eigenvalue weighted by molar-refractivity contribution is -0.130. The number of halogens is 6. The first-order valence-electron chi connectivity index (χ1n) is 42.9. The van der Waals surface area contributed by atoms with E-state index in [0.717, 1.165) is 93.1 Å². The van der Waals surface area contributed by atoms with Gasteiger partial charge in [-0.3, -0.25) is 59.4 Å². The molecule has 6 atom stereocenters. The second-order valence-electron chi connectivity index (χ2n) is 31.9. The Balaban J connectivity index is 0.000000396. The highest BCUT2D eigenvalue weighted by Crippen LogP contribution is 2.23. The Morgan fingerprint density at radius 3 is 0.817 bits per heavy atom. The van der Waals surface area contributed by atoms with Gasteiger partial charge in [-0.15, -0.1) is 19.3 Å². The van der Waals surface area contributed by atoms with Gasteiger partial charge >= 0.3 is 0 Å². The Morgan fingerprint density at radius 1 is 0.333 bits per heavy atom. The molecule has 30 heteroatoms. The zero-order valence-electron chi connectivity index (χ0n) is 75.1. The van der Waals surface area contributed by atoms with E-state index in [1.54, 1.807) is 93.4 Å². The molecule has 0 radical (unpaired) electrons. The quantitative estimate of drug-likeness (QED) is 0.00975. The number of nitrogens with zero attached hydrogens (tertiary/aromatic N) is 6. The van der Waals surface area contributed by atoms with Gasteiger partial charge in [-0.2, -0.15) is 0 Å². The van der Waals surface area contributed by atoms with Gasteiger partial charge in [-0.1, -0.05) is 115 Å². The predicted molar refractivity (Wildman–Crippen MR) is 475 cm³/mol.